The number of aryl methyl sites for hydroxylation is 1. The number of benzene rings is 1. The normalized spacial score (nSPS) is 10.1. The average molecular weight is 258 g/mol. The molecule has 0 fully saturated rings. The van der Waals surface area contributed by atoms with Gasteiger partial charge in [0.15, 0.2) is 0 Å². The first-order valence-electron chi connectivity index (χ1n) is 6.38. The first kappa shape index (κ1) is 13.1. The van der Waals surface area contributed by atoms with Crippen LogP contribution in [-0.2, 0) is 11.2 Å². The molecule has 1 heterocycles. The lowest BCUT2D eigenvalue weighted by Gasteiger charge is -2.07. The Morgan fingerprint density at radius 1 is 1.26 bits per heavy atom. The fraction of sp³-hybridized carbons (Fsp3) is 0.286. The van der Waals surface area contributed by atoms with Crippen molar-refractivity contribution in [2.24, 2.45) is 0 Å². The smallest absolute Gasteiger partial charge is 0.239 e. The second-order valence-electron chi connectivity index (χ2n) is 4.21. The minimum atomic E-state index is 0.00305. The van der Waals surface area contributed by atoms with Gasteiger partial charge >= 0.3 is 0 Å². The summed E-state index contributed by atoms with van der Waals surface area (Å²) in [5.41, 5.74) is 0.952. The highest BCUT2D eigenvalue weighted by atomic mass is 16.1. The van der Waals surface area contributed by atoms with Crippen LogP contribution in [-0.4, -0.2) is 29.0 Å². The monoisotopic (exact) mass is 258 g/mol. The summed E-state index contributed by atoms with van der Waals surface area (Å²) in [7, 11) is 0. The van der Waals surface area contributed by atoms with E-state index in [0.717, 1.165) is 24.4 Å². The van der Waals surface area contributed by atoms with E-state index in [0.29, 0.717) is 13.1 Å². The number of hydrogen-bond donors (Lipinski definition) is 3. The molecule has 1 amide bonds. The van der Waals surface area contributed by atoms with Gasteiger partial charge in [-0.05, 0) is 18.6 Å². The van der Waals surface area contributed by atoms with Crippen molar-refractivity contribution in [1.29, 1.82) is 0 Å². The molecule has 5 heteroatoms. The molecule has 0 spiro atoms. The number of nitrogens with zero attached hydrogens (tertiary/aromatic N) is 1. The van der Waals surface area contributed by atoms with Crippen LogP contribution in [0.5, 0.6) is 0 Å². The number of aromatic nitrogens is 2. The van der Waals surface area contributed by atoms with E-state index in [9.17, 15) is 4.79 Å². The van der Waals surface area contributed by atoms with Crippen LogP contribution in [0.4, 0.5) is 5.69 Å². The van der Waals surface area contributed by atoms with Crippen LogP contribution in [0.3, 0.4) is 0 Å². The van der Waals surface area contributed by atoms with E-state index in [2.05, 4.69) is 20.6 Å². The molecule has 0 aliphatic carbocycles. The molecule has 0 aliphatic heterocycles. The van der Waals surface area contributed by atoms with E-state index < -0.39 is 0 Å². The van der Waals surface area contributed by atoms with Crippen LogP contribution in [0.1, 0.15) is 12.2 Å². The molecule has 0 unspecified atom stereocenters. The summed E-state index contributed by atoms with van der Waals surface area (Å²) in [4.78, 5) is 18.7. The molecule has 1 aromatic carbocycles. The van der Waals surface area contributed by atoms with Crippen molar-refractivity contribution in [2.45, 2.75) is 12.8 Å². The minimum absolute atomic E-state index is 0.00305. The molecule has 5 nitrogen and oxygen atoms in total. The summed E-state index contributed by atoms with van der Waals surface area (Å²) in [6.45, 7) is 0.959. The summed E-state index contributed by atoms with van der Waals surface area (Å²) in [5.74, 6) is 0.958. The molecule has 0 saturated carbocycles. The van der Waals surface area contributed by atoms with Gasteiger partial charge in [-0.3, -0.25) is 4.79 Å². The number of carbonyl (C=O) groups excluding carboxylic acids is 1. The first-order valence-corrected chi connectivity index (χ1v) is 6.38. The maximum Gasteiger partial charge on any atom is 0.239 e. The Labute approximate surface area is 112 Å². The van der Waals surface area contributed by atoms with Crippen LogP contribution >= 0.6 is 0 Å². The zero-order valence-corrected chi connectivity index (χ0v) is 10.7. The van der Waals surface area contributed by atoms with Crippen molar-refractivity contribution in [1.82, 2.24) is 15.3 Å². The number of anilines is 1. The number of para-hydroxylation sites is 1. The summed E-state index contributed by atoms with van der Waals surface area (Å²) >= 11 is 0. The fourth-order valence-corrected chi connectivity index (χ4v) is 1.72. The Morgan fingerprint density at radius 3 is 2.84 bits per heavy atom. The van der Waals surface area contributed by atoms with Gasteiger partial charge in [-0.2, -0.15) is 0 Å². The van der Waals surface area contributed by atoms with Gasteiger partial charge in [0, 0.05) is 31.0 Å². The Balaban J connectivity index is 1.57. The highest BCUT2D eigenvalue weighted by Crippen LogP contribution is 2.03. The van der Waals surface area contributed by atoms with Gasteiger partial charge in [0.05, 0.1) is 6.54 Å². The van der Waals surface area contributed by atoms with Gasteiger partial charge in [-0.25, -0.2) is 4.98 Å². The Morgan fingerprint density at radius 2 is 2.11 bits per heavy atom. The second kappa shape index (κ2) is 7.20. The van der Waals surface area contributed by atoms with Crippen LogP contribution in [0, 0.1) is 0 Å². The highest BCUT2D eigenvalue weighted by Gasteiger charge is 2.00. The highest BCUT2D eigenvalue weighted by molar-refractivity contribution is 5.80. The second-order valence-corrected chi connectivity index (χ2v) is 4.21. The number of nitrogens with one attached hydrogen (secondary N) is 3. The lowest BCUT2D eigenvalue weighted by molar-refractivity contribution is -0.119. The molecule has 0 radical (unpaired) electrons. The van der Waals surface area contributed by atoms with Gasteiger partial charge in [0.1, 0.15) is 5.82 Å². The molecule has 100 valence electrons. The van der Waals surface area contributed by atoms with Crippen molar-refractivity contribution in [2.75, 3.05) is 18.4 Å². The molecule has 3 N–H and O–H groups in total. The maximum absolute atomic E-state index is 11.6. The fourth-order valence-electron chi connectivity index (χ4n) is 1.72. The molecule has 0 atom stereocenters. The third kappa shape index (κ3) is 4.83. The van der Waals surface area contributed by atoms with Gasteiger partial charge < -0.3 is 15.6 Å². The van der Waals surface area contributed by atoms with E-state index in [1.54, 1.807) is 12.4 Å². The maximum atomic E-state index is 11.6. The van der Waals surface area contributed by atoms with Gasteiger partial charge in [0.2, 0.25) is 5.91 Å². The molecule has 0 bridgehead atoms. The molecule has 1 aromatic heterocycles. The van der Waals surface area contributed by atoms with E-state index >= 15 is 0 Å². The average Bonchev–Trinajstić information content (AvgIpc) is 2.96. The number of imidazole rings is 1. The summed E-state index contributed by atoms with van der Waals surface area (Å²) in [6, 6.07) is 9.68. The molecule has 0 aliphatic rings. The molecule has 2 rings (SSSR count). The summed E-state index contributed by atoms with van der Waals surface area (Å²) in [6.07, 6.45) is 5.26. The number of aromatic amines is 1. The topological polar surface area (TPSA) is 69.8 Å². The van der Waals surface area contributed by atoms with Gasteiger partial charge in [-0.1, -0.05) is 18.2 Å². The lowest BCUT2D eigenvalue weighted by atomic mass is 10.3. The van der Waals surface area contributed by atoms with Gasteiger partial charge in [0.25, 0.3) is 0 Å². The van der Waals surface area contributed by atoms with Crippen molar-refractivity contribution in [3.63, 3.8) is 0 Å². The number of rotatable bonds is 7. The number of carbonyl (C=O) groups is 1. The lowest BCUT2D eigenvalue weighted by Crippen LogP contribution is -2.30. The predicted molar refractivity (Wildman–Crippen MR) is 74.9 cm³/mol. The number of hydrogen-bond acceptors (Lipinski definition) is 3. The number of amides is 1. The third-order valence-corrected chi connectivity index (χ3v) is 2.69. The van der Waals surface area contributed by atoms with Crippen LogP contribution in [0.25, 0.3) is 0 Å². The van der Waals surface area contributed by atoms with Gasteiger partial charge in [-0.15, -0.1) is 0 Å². The Bertz CT molecular complexity index is 481. The Hall–Kier alpha value is -2.30. The van der Waals surface area contributed by atoms with E-state index in [4.69, 9.17) is 0 Å². The SMILES string of the molecule is O=C(CNc1ccccc1)NCCCc1ncc[nH]1. The van der Waals surface area contributed by atoms with E-state index in [1.807, 2.05) is 30.3 Å². The van der Waals surface area contributed by atoms with E-state index in [1.165, 1.54) is 0 Å². The zero-order valence-electron chi connectivity index (χ0n) is 10.7. The largest absolute Gasteiger partial charge is 0.376 e. The number of H-pyrrole nitrogens is 1. The van der Waals surface area contributed by atoms with Crippen molar-refractivity contribution < 1.29 is 4.79 Å². The van der Waals surface area contributed by atoms with Crippen molar-refractivity contribution >= 4 is 11.6 Å². The Kier molecular flexibility index (Phi) is 4.98. The summed E-state index contributed by atoms with van der Waals surface area (Å²) < 4.78 is 0. The van der Waals surface area contributed by atoms with Crippen LogP contribution in [0.2, 0.25) is 0 Å². The zero-order chi connectivity index (χ0) is 13.3. The third-order valence-electron chi connectivity index (χ3n) is 2.69. The minimum Gasteiger partial charge on any atom is -0.376 e. The predicted octanol–water partition coefficient (Wildman–Crippen LogP) is 1.57. The molecular weight excluding hydrogens is 240 g/mol. The van der Waals surface area contributed by atoms with E-state index in [-0.39, 0.29) is 5.91 Å². The quantitative estimate of drug-likeness (QED) is 0.660. The molecule has 2 aromatic rings. The van der Waals surface area contributed by atoms with Crippen molar-refractivity contribution in [3.8, 4) is 0 Å². The summed E-state index contributed by atoms with van der Waals surface area (Å²) in [5, 5.41) is 5.94. The molecule has 0 saturated heterocycles. The molecular formula is C14H18N4O. The van der Waals surface area contributed by atoms with Crippen LogP contribution < -0.4 is 10.6 Å². The van der Waals surface area contributed by atoms with Crippen molar-refractivity contribution in [3.05, 3.63) is 48.5 Å². The molecule has 19 heavy (non-hydrogen) atoms. The van der Waals surface area contributed by atoms with Crippen LogP contribution in [0.15, 0.2) is 42.7 Å². The standard InChI is InChI=1S/C14H18N4O/c19-14(11-18-12-5-2-1-3-6-12)17-8-4-7-13-15-9-10-16-13/h1-3,5-6,9-10,18H,4,7-8,11H2,(H,15,16)(H,17,19). The first-order chi connectivity index (χ1) is 9.34.